The third-order valence-electron chi connectivity index (χ3n) is 7.98. The summed E-state index contributed by atoms with van der Waals surface area (Å²) < 4.78 is 0. The third kappa shape index (κ3) is 4.24. The Morgan fingerprint density at radius 1 is 0.667 bits per heavy atom. The Balaban J connectivity index is 1.44. The number of nitrogens with one attached hydrogen (secondary N) is 2. The highest BCUT2D eigenvalue weighted by atomic mass is 14.9. The molecular formula is C37H30N2. The summed E-state index contributed by atoms with van der Waals surface area (Å²) in [7, 11) is 0. The van der Waals surface area contributed by atoms with Gasteiger partial charge in [-0.1, -0.05) is 110 Å². The van der Waals surface area contributed by atoms with Gasteiger partial charge in [0, 0.05) is 44.2 Å². The van der Waals surface area contributed by atoms with E-state index in [4.69, 9.17) is 0 Å². The molecule has 0 aliphatic heterocycles. The van der Waals surface area contributed by atoms with Crippen LogP contribution in [0.4, 0.5) is 11.4 Å². The minimum atomic E-state index is 0.00497. The maximum Gasteiger partial charge on any atom is 0.0477 e. The van der Waals surface area contributed by atoms with E-state index < -0.39 is 0 Å². The molecular weight excluding hydrogens is 472 g/mol. The third-order valence-corrected chi connectivity index (χ3v) is 7.98. The molecule has 2 nitrogen and oxygen atoms in total. The largest absolute Gasteiger partial charge is 0.355 e. The van der Waals surface area contributed by atoms with Crippen LogP contribution in [0.25, 0.3) is 44.1 Å². The Labute approximate surface area is 229 Å². The van der Waals surface area contributed by atoms with Crippen LogP contribution in [0.1, 0.15) is 18.9 Å². The van der Waals surface area contributed by atoms with Crippen molar-refractivity contribution in [3.05, 3.63) is 145 Å². The van der Waals surface area contributed by atoms with E-state index in [9.17, 15) is 0 Å². The molecule has 5 aromatic carbocycles. The molecule has 0 spiro atoms. The van der Waals surface area contributed by atoms with Crippen molar-refractivity contribution in [1.29, 1.82) is 0 Å². The lowest BCUT2D eigenvalue weighted by molar-refractivity contribution is 0.600. The highest BCUT2D eigenvalue weighted by Crippen LogP contribution is 2.42. The van der Waals surface area contributed by atoms with E-state index in [0.717, 1.165) is 28.8 Å². The fourth-order valence-electron chi connectivity index (χ4n) is 5.86. The minimum absolute atomic E-state index is 0.00497. The molecule has 1 atom stereocenters. The molecule has 1 aliphatic carbocycles. The molecule has 0 saturated heterocycles. The lowest BCUT2D eigenvalue weighted by Crippen LogP contribution is -2.19. The van der Waals surface area contributed by atoms with E-state index in [0.29, 0.717) is 0 Å². The zero-order chi connectivity index (χ0) is 26.2. The van der Waals surface area contributed by atoms with Crippen LogP contribution in [0.3, 0.4) is 0 Å². The predicted molar refractivity (Wildman–Crippen MR) is 167 cm³/mol. The molecule has 6 aromatic rings. The van der Waals surface area contributed by atoms with Gasteiger partial charge in [-0.25, -0.2) is 0 Å². The molecule has 1 heterocycles. The first-order valence-corrected chi connectivity index (χ1v) is 13.6. The fraction of sp³-hybridized carbons (Fsp3) is 0.0811. The molecule has 0 fully saturated rings. The summed E-state index contributed by atoms with van der Waals surface area (Å²) in [5, 5.41) is 6.16. The standard InChI is InChI=1S/C37H30N2/c1-37(21-10-3-11-22-37)28-14-12-13-26(23-28)27-24-32(36-31-18-7-9-20-34(31)39-35(36)25-27)30-17-6-8-19-33(30)38-29-15-4-2-5-16-29/h2-21,23-25,38-39H,22H2,1H3. The van der Waals surface area contributed by atoms with Crippen LogP contribution in [0.15, 0.2) is 140 Å². The maximum absolute atomic E-state index is 3.71. The molecule has 0 bridgehead atoms. The van der Waals surface area contributed by atoms with Gasteiger partial charge in [-0.15, -0.1) is 0 Å². The van der Waals surface area contributed by atoms with Crippen molar-refractivity contribution in [2.24, 2.45) is 0 Å². The van der Waals surface area contributed by atoms with Crippen molar-refractivity contribution in [3.63, 3.8) is 0 Å². The summed E-state index contributed by atoms with van der Waals surface area (Å²) in [6, 6.07) is 41.3. The summed E-state index contributed by atoms with van der Waals surface area (Å²) >= 11 is 0. The van der Waals surface area contributed by atoms with Gasteiger partial charge in [0.05, 0.1) is 0 Å². The number of hydrogen-bond acceptors (Lipinski definition) is 1. The summed E-state index contributed by atoms with van der Waals surface area (Å²) in [5.74, 6) is 0. The molecule has 1 unspecified atom stereocenters. The Morgan fingerprint density at radius 3 is 2.36 bits per heavy atom. The number of anilines is 2. The van der Waals surface area contributed by atoms with Gasteiger partial charge < -0.3 is 10.3 Å². The van der Waals surface area contributed by atoms with Gasteiger partial charge in [0.1, 0.15) is 0 Å². The van der Waals surface area contributed by atoms with Crippen molar-refractivity contribution in [2.75, 3.05) is 5.32 Å². The van der Waals surface area contributed by atoms with Crippen molar-refractivity contribution in [3.8, 4) is 22.3 Å². The van der Waals surface area contributed by atoms with E-state index in [1.165, 1.54) is 38.6 Å². The van der Waals surface area contributed by atoms with Gasteiger partial charge in [0.2, 0.25) is 0 Å². The molecule has 1 aromatic heterocycles. The Kier molecular flexibility index (Phi) is 5.67. The zero-order valence-corrected chi connectivity index (χ0v) is 22.0. The van der Waals surface area contributed by atoms with E-state index >= 15 is 0 Å². The van der Waals surface area contributed by atoms with Crippen molar-refractivity contribution in [1.82, 2.24) is 4.98 Å². The number of hydrogen-bond donors (Lipinski definition) is 2. The highest BCUT2D eigenvalue weighted by Gasteiger charge is 2.24. The second-order valence-corrected chi connectivity index (χ2v) is 10.6. The van der Waals surface area contributed by atoms with Crippen LogP contribution in [0.2, 0.25) is 0 Å². The van der Waals surface area contributed by atoms with Crippen molar-refractivity contribution >= 4 is 33.2 Å². The molecule has 0 radical (unpaired) electrons. The molecule has 39 heavy (non-hydrogen) atoms. The van der Waals surface area contributed by atoms with Gasteiger partial charge in [0.15, 0.2) is 0 Å². The summed E-state index contributed by atoms with van der Waals surface area (Å²) in [6.45, 7) is 2.32. The predicted octanol–water partition coefficient (Wildman–Crippen LogP) is 10.2. The average Bonchev–Trinajstić information content (AvgIpc) is 3.37. The van der Waals surface area contributed by atoms with Gasteiger partial charge in [0.25, 0.3) is 0 Å². The first-order chi connectivity index (χ1) is 19.2. The SMILES string of the molecule is CC1(c2cccc(-c3cc(-c4ccccc4Nc4ccccc4)c4c(c3)[nH]c3ccccc34)c2)C=CC=CC1. The van der Waals surface area contributed by atoms with Crippen molar-refractivity contribution < 1.29 is 0 Å². The molecule has 1 aliphatic rings. The van der Waals surface area contributed by atoms with Crippen LogP contribution in [-0.4, -0.2) is 4.98 Å². The van der Waals surface area contributed by atoms with E-state index in [2.05, 4.69) is 151 Å². The Morgan fingerprint density at radius 2 is 1.49 bits per heavy atom. The molecule has 0 amide bonds. The van der Waals surface area contributed by atoms with Crippen LogP contribution in [0.5, 0.6) is 0 Å². The number of rotatable bonds is 5. The lowest BCUT2D eigenvalue weighted by atomic mass is 9.76. The second kappa shape index (κ2) is 9.49. The maximum atomic E-state index is 3.71. The number of aromatic amines is 1. The van der Waals surface area contributed by atoms with Crippen molar-refractivity contribution in [2.45, 2.75) is 18.8 Å². The van der Waals surface area contributed by atoms with Crippen LogP contribution in [0, 0.1) is 0 Å². The van der Waals surface area contributed by atoms with Crippen LogP contribution < -0.4 is 5.32 Å². The number of fused-ring (bicyclic) bond motifs is 3. The first kappa shape index (κ1) is 23.3. The van der Waals surface area contributed by atoms with Gasteiger partial charge >= 0.3 is 0 Å². The minimum Gasteiger partial charge on any atom is -0.355 e. The molecule has 0 saturated carbocycles. The van der Waals surface area contributed by atoms with Gasteiger partial charge in [-0.05, 0) is 65.1 Å². The smallest absolute Gasteiger partial charge is 0.0477 e. The van der Waals surface area contributed by atoms with E-state index in [1.54, 1.807) is 0 Å². The van der Waals surface area contributed by atoms with Gasteiger partial charge in [-0.2, -0.15) is 0 Å². The van der Waals surface area contributed by atoms with Crippen LogP contribution >= 0.6 is 0 Å². The quantitative estimate of drug-likeness (QED) is 0.241. The van der Waals surface area contributed by atoms with E-state index in [1.807, 2.05) is 6.07 Å². The number of H-pyrrole nitrogens is 1. The highest BCUT2D eigenvalue weighted by molar-refractivity contribution is 6.16. The Hall–Kier alpha value is -4.82. The number of allylic oxidation sites excluding steroid dienone is 4. The van der Waals surface area contributed by atoms with Gasteiger partial charge in [-0.3, -0.25) is 0 Å². The monoisotopic (exact) mass is 502 g/mol. The van der Waals surface area contributed by atoms with Crippen LogP contribution in [-0.2, 0) is 5.41 Å². The second-order valence-electron chi connectivity index (χ2n) is 10.6. The Bertz CT molecular complexity index is 1870. The molecule has 7 rings (SSSR count). The first-order valence-electron chi connectivity index (χ1n) is 13.6. The molecule has 2 N–H and O–H groups in total. The zero-order valence-electron chi connectivity index (χ0n) is 22.0. The average molecular weight is 503 g/mol. The summed E-state index contributed by atoms with van der Waals surface area (Å²) in [4.78, 5) is 3.71. The topological polar surface area (TPSA) is 27.8 Å². The number of para-hydroxylation sites is 3. The number of benzene rings is 5. The van der Waals surface area contributed by atoms with E-state index in [-0.39, 0.29) is 5.41 Å². The lowest BCUT2D eigenvalue weighted by Gasteiger charge is -2.27. The number of aromatic nitrogens is 1. The molecule has 188 valence electrons. The fourth-order valence-corrected chi connectivity index (χ4v) is 5.86. The summed E-state index contributed by atoms with van der Waals surface area (Å²) in [6.07, 6.45) is 9.91. The normalized spacial score (nSPS) is 16.6. The summed E-state index contributed by atoms with van der Waals surface area (Å²) in [5.41, 5.74) is 10.6. The molecule has 2 heteroatoms.